The summed E-state index contributed by atoms with van der Waals surface area (Å²) in [7, 11) is -2.00. The Balaban J connectivity index is 2.22. The van der Waals surface area contributed by atoms with Crippen LogP contribution in [0.2, 0.25) is 13.1 Å². The first-order chi connectivity index (χ1) is 9.99. The zero-order chi connectivity index (χ0) is 15.3. The second-order valence-electron chi connectivity index (χ2n) is 5.98. The fraction of sp³-hybridized carbons (Fsp3) is 0.333. The molecule has 1 N–H and O–H groups in total. The van der Waals surface area contributed by atoms with Crippen LogP contribution < -0.4 is 5.19 Å². The average Bonchev–Trinajstić information content (AvgIpc) is 2.48. The lowest BCUT2D eigenvalue weighted by molar-refractivity contribution is 0.103. The Morgan fingerprint density at radius 2 is 1.48 bits per heavy atom. The molecule has 0 heterocycles. The third-order valence-electron chi connectivity index (χ3n) is 3.63. The summed E-state index contributed by atoms with van der Waals surface area (Å²) in [5.74, 6) is 0. The molecule has 0 aliphatic carbocycles. The largest absolute Gasteiger partial charge is 0.406 e. The Kier molecular flexibility index (Phi) is 5.34. The molecule has 0 aliphatic rings. The Labute approximate surface area is 128 Å². The van der Waals surface area contributed by atoms with Crippen molar-refractivity contribution < 1.29 is 9.53 Å². The molecular formula is C18H24O2Si. The van der Waals surface area contributed by atoms with Crippen molar-refractivity contribution >= 4 is 13.5 Å². The third-order valence-corrected chi connectivity index (χ3v) is 6.23. The zero-order valence-electron chi connectivity index (χ0n) is 13.0. The summed E-state index contributed by atoms with van der Waals surface area (Å²) in [5, 5.41) is 11.1. The van der Waals surface area contributed by atoms with E-state index in [1.54, 1.807) is 0 Å². The van der Waals surface area contributed by atoms with Crippen molar-refractivity contribution in [1.82, 2.24) is 0 Å². The fourth-order valence-electron chi connectivity index (χ4n) is 2.49. The average molecular weight is 300 g/mol. The molecule has 21 heavy (non-hydrogen) atoms. The molecule has 0 radical (unpaired) electrons. The van der Waals surface area contributed by atoms with Gasteiger partial charge in [0.2, 0.25) is 8.32 Å². The normalized spacial score (nSPS) is 14.7. The van der Waals surface area contributed by atoms with Crippen molar-refractivity contribution in [2.75, 3.05) is 0 Å². The number of hydrogen-bond acceptors (Lipinski definition) is 2. The van der Waals surface area contributed by atoms with Gasteiger partial charge in [0.1, 0.15) is 0 Å². The molecule has 2 rings (SSSR count). The lowest BCUT2D eigenvalue weighted by Gasteiger charge is -2.31. The van der Waals surface area contributed by atoms with Crippen LogP contribution in [0.5, 0.6) is 0 Å². The van der Waals surface area contributed by atoms with E-state index in [-0.39, 0.29) is 12.2 Å². The zero-order valence-corrected chi connectivity index (χ0v) is 14.0. The highest BCUT2D eigenvalue weighted by Crippen LogP contribution is 2.26. The predicted octanol–water partition coefficient (Wildman–Crippen LogP) is 3.63. The second kappa shape index (κ2) is 7.03. The standard InChI is InChI=1S/C18H24O2Si/c1-15(19)14-18(16-10-6-4-7-11-16)20-21(2,3)17-12-8-5-9-13-17/h4-13,15,18-19H,14H2,1-3H3/t15-,18+/m1/s1. The molecule has 2 nitrogen and oxygen atoms in total. The van der Waals surface area contributed by atoms with E-state index >= 15 is 0 Å². The Morgan fingerprint density at radius 3 is 2.00 bits per heavy atom. The van der Waals surface area contributed by atoms with E-state index in [0.717, 1.165) is 5.56 Å². The first-order valence-electron chi connectivity index (χ1n) is 7.45. The molecule has 2 atom stereocenters. The van der Waals surface area contributed by atoms with Gasteiger partial charge in [-0.1, -0.05) is 60.7 Å². The molecule has 0 fully saturated rings. The highest BCUT2D eigenvalue weighted by molar-refractivity contribution is 6.84. The summed E-state index contributed by atoms with van der Waals surface area (Å²) in [6.07, 6.45) is 0.177. The summed E-state index contributed by atoms with van der Waals surface area (Å²) in [4.78, 5) is 0. The number of benzene rings is 2. The predicted molar refractivity (Wildman–Crippen MR) is 90.1 cm³/mol. The topological polar surface area (TPSA) is 29.5 Å². The maximum absolute atomic E-state index is 9.79. The van der Waals surface area contributed by atoms with Gasteiger partial charge in [0.15, 0.2) is 0 Å². The van der Waals surface area contributed by atoms with Crippen LogP contribution in [0.3, 0.4) is 0 Å². The molecule has 0 bridgehead atoms. The minimum Gasteiger partial charge on any atom is -0.406 e. The van der Waals surface area contributed by atoms with Gasteiger partial charge in [-0.3, -0.25) is 0 Å². The molecule has 0 amide bonds. The van der Waals surface area contributed by atoms with Crippen molar-refractivity contribution in [2.24, 2.45) is 0 Å². The smallest absolute Gasteiger partial charge is 0.219 e. The Morgan fingerprint density at radius 1 is 0.952 bits per heavy atom. The van der Waals surface area contributed by atoms with Gasteiger partial charge in [-0.25, -0.2) is 0 Å². The SMILES string of the molecule is C[C@@H](O)C[C@H](O[Si](C)(C)c1ccccc1)c1ccccc1. The van der Waals surface area contributed by atoms with Gasteiger partial charge in [0.25, 0.3) is 0 Å². The molecule has 2 aromatic rings. The second-order valence-corrected chi connectivity index (χ2v) is 9.81. The molecule has 2 aromatic carbocycles. The Bertz CT molecular complexity index is 538. The van der Waals surface area contributed by atoms with Gasteiger partial charge < -0.3 is 9.53 Å². The van der Waals surface area contributed by atoms with Crippen molar-refractivity contribution in [3.05, 3.63) is 66.2 Å². The van der Waals surface area contributed by atoms with Crippen LogP contribution >= 0.6 is 0 Å². The van der Waals surface area contributed by atoms with Gasteiger partial charge in [-0.15, -0.1) is 0 Å². The minimum absolute atomic E-state index is 0.0620. The van der Waals surface area contributed by atoms with Crippen LogP contribution in [0.25, 0.3) is 0 Å². The number of aliphatic hydroxyl groups excluding tert-OH is 1. The van der Waals surface area contributed by atoms with E-state index in [9.17, 15) is 5.11 Å². The molecular weight excluding hydrogens is 276 g/mol. The fourth-order valence-corrected chi connectivity index (χ4v) is 4.57. The maximum Gasteiger partial charge on any atom is 0.219 e. The van der Waals surface area contributed by atoms with E-state index in [2.05, 4.69) is 49.5 Å². The quantitative estimate of drug-likeness (QED) is 0.826. The molecule has 0 saturated heterocycles. The van der Waals surface area contributed by atoms with E-state index < -0.39 is 8.32 Å². The number of hydrogen-bond donors (Lipinski definition) is 1. The highest BCUT2D eigenvalue weighted by atomic mass is 28.4. The molecule has 0 unspecified atom stereocenters. The van der Waals surface area contributed by atoms with Crippen LogP contribution in [-0.2, 0) is 4.43 Å². The highest BCUT2D eigenvalue weighted by Gasteiger charge is 2.30. The van der Waals surface area contributed by atoms with Crippen LogP contribution in [0.1, 0.15) is 25.0 Å². The maximum atomic E-state index is 9.79. The minimum atomic E-state index is -2.00. The molecule has 112 valence electrons. The molecule has 0 aliphatic heterocycles. The van der Waals surface area contributed by atoms with Crippen LogP contribution in [0.4, 0.5) is 0 Å². The summed E-state index contributed by atoms with van der Waals surface area (Å²) < 4.78 is 6.50. The summed E-state index contributed by atoms with van der Waals surface area (Å²) in [5.41, 5.74) is 1.13. The molecule has 0 aromatic heterocycles. The van der Waals surface area contributed by atoms with Gasteiger partial charge in [-0.05, 0) is 30.8 Å². The lowest BCUT2D eigenvalue weighted by Crippen LogP contribution is -2.45. The lowest BCUT2D eigenvalue weighted by atomic mass is 10.0. The Hall–Kier alpha value is -1.42. The third kappa shape index (κ3) is 4.53. The summed E-state index contributed by atoms with van der Waals surface area (Å²) in [6.45, 7) is 6.23. The van der Waals surface area contributed by atoms with Crippen LogP contribution in [-0.4, -0.2) is 19.5 Å². The van der Waals surface area contributed by atoms with Crippen molar-refractivity contribution in [3.8, 4) is 0 Å². The first kappa shape index (κ1) is 16.0. The van der Waals surface area contributed by atoms with Crippen molar-refractivity contribution in [1.29, 1.82) is 0 Å². The monoisotopic (exact) mass is 300 g/mol. The van der Waals surface area contributed by atoms with Crippen LogP contribution in [0, 0.1) is 0 Å². The summed E-state index contributed by atoms with van der Waals surface area (Å²) in [6, 6.07) is 20.6. The van der Waals surface area contributed by atoms with Gasteiger partial charge >= 0.3 is 0 Å². The number of rotatable bonds is 6. The molecule has 0 saturated carbocycles. The van der Waals surface area contributed by atoms with Gasteiger partial charge in [-0.2, -0.15) is 0 Å². The van der Waals surface area contributed by atoms with E-state index in [4.69, 9.17) is 4.43 Å². The molecule has 0 spiro atoms. The van der Waals surface area contributed by atoms with Gasteiger partial charge in [0, 0.05) is 6.42 Å². The van der Waals surface area contributed by atoms with Crippen LogP contribution in [0.15, 0.2) is 60.7 Å². The van der Waals surface area contributed by atoms with Crippen molar-refractivity contribution in [3.63, 3.8) is 0 Å². The molecule has 3 heteroatoms. The van der Waals surface area contributed by atoms with E-state index in [1.165, 1.54) is 5.19 Å². The van der Waals surface area contributed by atoms with E-state index in [1.807, 2.05) is 31.2 Å². The van der Waals surface area contributed by atoms with Gasteiger partial charge in [0.05, 0.1) is 12.2 Å². The van der Waals surface area contributed by atoms with E-state index in [0.29, 0.717) is 6.42 Å². The summed E-state index contributed by atoms with van der Waals surface area (Å²) >= 11 is 0. The van der Waals surface area contributed by atoms with Crippen molar-refractivity contribution in [2.45, 2.75) is 38.6 Å². The first-order valence-corrected chi connectivity index (χ1v) is 10.4. The number of aliphatic hydroxyl groups is 1.